The van der Waals surface area contributed by atoms with Crippen LogP contribution in [0, 0.1) is 6.92 Å². The van der Waals surface area contributed by atoms with Crippen LogP contribution in [0.2, 0.25) is 0 Å². The maximum Gasteiger partial charge on any atom is 0.409 e. The number of carboxylic acid groups (broad SMARTS) is 1. The van der Waals surface area contributed by atoms with Gasteiger partial charge in [0.15, 0.2) is 0 Å². The van der Waals surface area contributed by atoms with E-state index < -0.39 is 6.09 Å². The lowest BCUT2D eigenvalue weighted by Gasteiger charge is -2.23. The molecule has 1 aromatic carbocycles. The van der Waals surface area contributed by atoms with Crippen LogP contribution in [-0.4, -0.2) is 11.2 Å². The Morgan fingerprint density at radius 1 is 1.33 bits per heavy atom. The number of hydrogen-bond donors (Lipinski definition) is 2. The van der Waals surface area contributed by atoms with E-state index in [1.54, 1.807) is 0 Å². The van der Waals surface area contributed by atoms with Crippen LogP contribution in [0.1, 0.15) is 31.9 Å². The average molecular weight is 207 g/mol. The van der Waals surface area contributed by atoms with Gasteiger partial charge in [-0.25, -0.2) is 4.79 Å². The second-order valence-electron chi connectivity index (χ2n) is 4.68. The molecule has 0 heterocycles. The topological polar surface area (TPSA) is 49.3 Å². The van der Waals surface area contributed by atoms with Crippen LogP contribution in [0.3, 0.4) is 0 Å². The normalized spacial score (nSPS) is 11.2. The summed E-state index contributed by atoms with van der Waals surface area (Å²) < 4.78 is 0. The van der Waals surface area contributed by atoms with Crippen molar-refractivity contribution in [2.75, 3.05) is 5.32 Å². The van der Waals surface area contributed by atoms with Gasteiger partial charge in [0.2, 0.25) is 0 Å². The predicted octanol–water partition coefficient (Wildman–Crippen LogP) is 3.38. The maximum atomic E-state index is 10.7. The van der Waals surface area contributed by atoms with Crippen LogP contribution in [0.4, 0.5) is 10.5 Å². The summed E-state index contributed by atoms with van der Waals surface area (Å²) in [5.74, 6) is 0. The molecular formula is C12H17NO2. The molecule has 0 radical (unpaired) electrons. The summed E-state index contributed by atoms with van der Waals surface area (Å²) in [6.07, 6.45) is -1.02. The van der Waals surface area contributed by atoms with Gasteiger partial charge in [-0.3, -0.25) is 5.32 Å². The predicted molar refractivity (Wildman–Crippen MR) is 61.5 cm³/mol. The van der Waals surface area contributed by atoms with Crippen LogP contribution in [0.25, 0.3) is 0 Å². The molecule has 0 aliphatic rings. The summed E-state index contributed by atoms with van der Waals surface area (Å²) >= 11 is 0. The number of hydrogen-bond acceptors (Lipinski definition) is 1. The second-order valence-corrected chi connectivity index (χ2v) is 4.68. The summed E-state index contributed by atoms with van der Waals surface area (Å²) in [4.78, 5) is 10.7. The molecule has 0 aliphatic heterocycles. The van der Waals surface area contributed by atoms with Gasteiger partial charge in [-0.15, -0.1) is 0 Å². The first kappa shape index (κ1) is 11.6. The molecule has 0 bridgehead atoms. The fourth-order valence-corrected chi connectivity index (χ4v) is 1.57. The smallest absolute Gasteiger partial charge is 0.409 e. The van der Waals surface area contributed by atoms with Crippen molar-refractivity contribution in [1.29, 1.82) is 0 Å². The largest absolute Gasteiger partial charge is 0.465 e. The third-order valence-corrected chi connectivity index (χ3v) is 2.31. The van der Waals surface area contributed by atoms with Gasteiger partial charge in [-0.1, -0.05) is 39.0 Å². The molecule has 0 aromatic heterocycles. The van der Waals surface area contributed by atoms with Gasteiger partial charge >= 0.3 is 6.09 Å². The first-order valence-electron chi connectivity index (χ1n) is 4.92. The van der Waals surface area contributed by atoms with E-state index >= 15 is 0 Å². The first-order chi connectivity index (χ1) is 6.82. The first-order valence-corrected chi connectivity index (χ1v) is 4.92. The fraction of sp³-hybridized carbons (Fsp3) is 0.417. The highest BCUT2D eigenvalue weighted by Crippen LogP contribution is 2.31. The van der Waals surface area contributed by atoms with E-state index in [1.807, 2.05) is 25.1 Å². The highest BCUT2D eigenvalue weighted by molar-refractivity contribution is 5.85. The zero-order valence-electron chi connectivity index (χ0n) is 9.59. The third kappa shape index (κ3) is 2.72. The van der Waals surface area contributed by atoms with Crippen molar-refractivity contribution in [1.82, 2.24) is 0 Å². The van der Waals surface area contributed by atoms with Gasteiger partial charge in [0.05, 0.1) is 5.69 Å². The van der Waals surface area contributed by atoms with Crippen LogP contribution in [0.5, 0.6) is 0 Å². The molecule has 0 unspecified atom stereocenters. The lowest BCUT2D eigenvalue weighted by molar-refractivity contribution is 0.209. The molecule has 3 nitrogen and oxygen atoms in total. The van der Waals surface area contributed by atoms with Crippen molar-refractivity contribution in [3.05, 3.63) is 29.3 Å². The Morgan fingerprint density at radius 2 is 1.93 bits per heavy atom. The van der Waals surface area contributed by atoms with Gasteiger partial charge in [-0.05, 0) is 23.5 Å². The molecular weight excluding hydrogens is 190 g/mol. The molecule has 1 amide bonds. The van der Waals surface area contributed by atoms with Gasteiger partial charge in [0, 0.05) is 0 Å². The molecule has 0 saturated heterocycles. The van der Waals surface area contributed by atoms with Crippen molar-refractivity contribution >= 4 is 11.8 Å². The zero-order valence-corrected chi connectivity index (χ0v) is 9.59. The van der Waals surface area contributed by atoms with E-state index in [0.717, 1.165) is 11.1 Å². The minimum atomic E-state index is -1.02. The Kier molecular flexibility index (Phi) is 3.03. The summed E-state index contributed by atoms with van der Waals surface area (Å²) in [5, 5.41) is 11.2. The summed E-state index contributed by atoms with van der Waals surface area (Å²) in [5.41, 5.74) is 2.61. The van der Waals surface area contributed by atoms with Crippen molar-refractivity contribution in [2.45, 2.75) is 33.1 Å². The molecule has 1 aromatic rings. The fourth-order valence-electron chi connectivity index (χ4n) is 1.57. The number of nitrogens with one attached hydrogen (secondary N) is 1. The SMILES string of the molecule is Cc1cccc(C(C)(C)C)c1NC(=O)O. The molecule has 0 fully saturated rings. The highest BCUT2D eigenvalue weighted by atomic mass is 16.4. The number of carbonyl (C=O) groups is 1. The molecule has 0 saturated carbocycles. The molecule has 82 valence electrons. The minimum Gasteiger partial charge on any atom is -0.465 e. The highest BCUT2D eigenvalue weighted by Gasteiger charge is 2.19. The summed E-state index contributed by atoms with van der Waals surface area (Å²) in [6, 6.07) is 5.81. The van der Waals surface area contributed by atoms with Crippen LogP contribution >= 0.6 is 0 Å². The minimum absolute atomic E-state index is 0.0657. The van der Waals surface area contributed by atoms with Crippen molar-refractivity contribution in [3.8, 4) is 0 Å². The summed E-state index contributed by atoms with van der Waals surface area (Å²) in [6.45, 7) is 8.10. The molecule has 3 heteroatoms. The number of anilines is 1. The van der Waals surface area contributed by atoms with E-state index in [-0.39, 0.29) is 5.41 Å². The molecule has 1 rings (SSSR count). The maximum absolute atomic E-state index is 10.7. The Labute approximate surface area is 90.1 Å². The standard InChI is InChI=1S/C12H17NO2/c1-8-6-5-7-9(12(2,3)4)10(8)13-11(14)15/h5-7,13H,1-4H3,(H,14,15). The average Bonchev–Trinajstić information content (AvgIpc) is 2.05. The van der Waals surface area contributed by atoms with Gasteiger partial charge < -0.3 is 5.11 Å². The summed E-state index contributed by atoms with van der Waals surface area (Å²) in [7, 11) is 0. The Morgan fingerprint density at radius 3 is 2.40 bits per heavy atom. The van der Waals surface area contributed by atoms with E-state index in [0.29, 0.717) is 5.69 Å². The lowest BCUT2D eigenvalue weighted by atomic mass is 9.84. The van der Waals surface area contributed by atoms with E-state index in [2.05, 4.69) is 26.1 Å². The van der Waals surface area contributed by atoms with Crippen LogP contribution in [-0.2, 0) is 5.41 Å². The van der Waals surface area contributed by atoms with Crippen LogP contribution in [0.15, 0.2) is 18.2 Å². The second kappa shape index (κ2) is 3.93. The van der Waals surface area contributed by atoms with E-state index in [1.165, 1.54) is 0 Å². The zero-order chi connectivity index (χ0) is 11.6. The number of aryl methyl sites for hydroxylation is 1. The van der Waals surface area contributed by atoms with Gasteiger partial charge in [-0.2, -0.15) is 0 Å². The quantitative estimate of drug-likeness (QED) is 0.741. The molecule has 0 atom stereocenters. The molecule has 0 spiro atoms. The molecule has 2 N–H and O–H groups in total. The Hall–Kier alpha value is -1.51. The van der Waals surface area contributed by atoms with Gasteiger partial charge in [0.25, 0.3) is 0 Å². The third-order valence-electron chi connectivity index (χ3n) is 2.31. The van der Waals surface area contributed by atoms with Gasteiger partial charge in [0.1, 0.15) is 0 Å². The number of amides is 1. The molecule has 15 heavy (non-hydrogen) atoms. The van der Waals surface area contributed by atoms with Crippen molar-refractivity contribution in [3.63, 3.8) is 0 Å². The van der Waals surface area contributed by atoms with Crippen molar-refractivity contribution < 1.29 is 9.90 Å². The van der Waals surface area contributed by atoms with Crippen LogP contribution < -0.4 is 5.32 Å². The van der Waals surface area contributed by atoms with E-state index in [9.17, 15) is 4.79 Å². The monoisotopic (exact) mass is 207 g/mol. The lowest BCUT2D eigenvalue weighted by Crippen LogP contribution is -2.18. The number of benzene rings is 1. The Balaban J connectivity index is 3.26. The van der Waals surface area contributed by atoms with Crippen molar-refractivity contribution in [2.24, 2.45) is 0 Å². The van der Waals surface area contributed by atoms with E-state index in [4.69, 9.17) is 5.11 Å². The number of para-hydroxylation sites is 1. The molecule has 0 aliphatic carbocycles. The Bertz CT molecular complexity index is 378. The number of rotatable bonds is 1.